The van der Waals surface area contributed by atoms with Gasteiger partial charge >= 0.3 is 0 Å². The zero-order valence-electron chi connectivity index (χ0n) is 19.4. The Kier molecular flexibility index (Phi) is 6.52. The van der Waals surface area contributed by atoms with Crippen LogP contribution in [0.4, 0.5) is 11.4 Å². The van der Waals surface area contributed by atoms with Crippen LogP contribution in [0.25, 0.3) is 0 Å². The summed E-state index contributed by atoms with van der Waals surface area (Å²) in [5.41, 5.74) is 2.31. The van der Waals surface area contributed by atoms with Crippen LogP contribution in [0.15, 0.2) is 47.4 Å². The SMILES string of the molecule is Cc1ccc(S(=O)(=O)C2(C(=O)Nc3cccc(NC(=O)C(C)(C)C)c3)CCCC2)cc1C. The molecule has 0 radical (unpaired) electrons. The number of carbonyl (C=O) groups is 2. The summed E-state index contributed by atoms with van der Waals surface area (Å²) in [4.78, 5) is 25.9. The fourth-order valence-corrected chi connectivity index (χ4v) is 6.06. The summed E-state index contributed by atoms with van der Waals surface area (Å²) in [5, 5.41) is 5.64. The highest BCUT2D eigenvalue weighted by atomic mass is 32.2. The maximum atomic E-state index is 13.7. The maximum absolute atomic E-state index is 13.7. The van der Waals surface area contributed by atoms with E-state index < -0.39 is 25.9 Å². The molecule has 32 heavy (non-hydrogen) atoms. The van der Waals surface area contributed by atoms with Crippen molar-refractivity contribution in [3.63, 3.8) is 0 Å². The van der Waals surface area contributed by atoms with Gasteiger partial charge in [-0.25, -0.2) is 8.42 Å². The highest BCUT2D eigenvalue weighted by Gasteiger charge is 2.53. The molecule has 2 amide bonds. The number of aryl methyl sites for hydroxylation is 2. The van der Waals surface area contributed by atoms with Crippen LogP contribution in [0, 0.1) is 19.3 Å². The van der Waals surface area contributed by atoms with Gasteiger partial charge < -0.3 is 10.6 Å². The molecule has 7 heteroatoms. The third kappa shape index (κ3) is 4.58. The fourth-order valence-electron chi connectivity index (χ4n) is 3.91. The molecular formula is C25H32N2O4S. The molecule has 1 saturated carbocycles. The predicted octanol–water partition coefficient (Wildman–Crippen LogP) is 5.01. The van der Waals surface area contributed by atoms with Crippen molar-refractivity contribution < 1.29 is 18.0 Å². The van der Waals surface area contributed by atoms with Crippen molar-refractivity contribution in [3.05, 3.63) is 53.6 Å². The molecule has 0 unspecified atom stereocenters. The Morgan fingerprint density at radius 1 is 0.875 bits per heavy atom. The van der Waals surface area contributed by atoms with Gasteiger partial charge in [-0.05, 0) is 68.1 Å². The lowest BCUT2D eigenvalue weighted by Gasteiger charge is -2.28. The summed E-state index contributed by atoms with van der Waals surface area (Å²) >= 11 is 0. The highest BCUT2D eigenvalue weighted by Crippen LogP contribution is 2.42. The first-order valence-corrected chi connectivity index (χ1v) is 12.4. The van der Waals surface area contributed by atoms with Crippen molar-refractivity contribution in [2.24, 2.45) is 5.41 Å². The number of hydrogen-bond acceptors (Lipinski definition) is 4. The lowest BCUT2D eigenvalue weighted by Crippen LogP contribution is -2.47. The maximum Gasteiger partial charge on any atom is 0.246 e. The molecule has 1 aliphatic rings. The standard InChI is InChI=1S/C25H32N2O4S/c1-17-11-12-21(15-18(17)2)32(30,31)25(13-6-7-14-25)23(29)27-20-10-8-9-19(16-20)26-22(28)24(3,4)5/h8-12,15-16H,6-7,13-14H2,1-5H3,(H,26,28)(H,27,29). The molecule has 2 aromatic rings. The second-order valence-corrected chi connectivity index (χ2v) is 11.9. The van der Waals surface area contributed by atoms with Gasteiger partial charge in [-0.1, -0.05) is 45.7 Å². The molecule has 0 bridgehead atoms. The number of rotatable bonds is 5. The average molecular weight is 457 g/mol. The minimum atomic E-state index is -3.89. The summed E-state index contributed by atoms with van der Waals surface area (Å²) in [6, 6.07) is 11.8. The van der Waals surface area contributed by atoms with Crippen LogP contribution in [-0.4, -0.2) is 25.0 Å². The molecule has 3 rings (SSSR count). The van der Waals surface area contributed by atoms with Crippen LogP contribution in [0.1, 0.15) is 57.6 Å². The molecule has 0 spiro atoms. The first-order chi connectivity index (χ1) is 14.9. The van der Waals surface area contributed by atoms with Crippen LogP contribution in [0.3, 0.4) is 0 Å². The van der Waals surface area contributed by atoms with Crippen molar-refractivity contribution in [1.82, 2.24) is 0 Å². The Balaban J connectivity index is 1.90. The molecule has 2 N–H and O–H groups in total. The summed E-state index contributed by atoms with van der Waals surface area (Å²) in [7, 11) is -3.89. The van der Waals surface area contributed by atoms with Gasteiger partial charge in [-0.2, -0.15) is 0 Å². The Hall–Kier alpha value is -2.67. The molecule has 0 aliphatic heterocycles. The Labute approximate surface area is 190 Å². The molecule has 1 aliphatic carbocycles. The highest BCUT2D eigenvalue weighted by molar-refractivity contribution is 7.93. The third-order valence-corrected chi connectivity index (χ3v) is 8.68. The van der Waals surface area contributed by atoms with Crippen LogP contribution in [0.2, 0.25) is 0 Å². The molecule has 0 saturated heterocycles. The molecule has 0 aromatic heterocycles. The average Bonchev–Trinajstić information content (AvgIpc) is 3.21. The van der Waals surface area contributed by atoms with E-state index in [2.05, 4.69) is 10.6 Å². The zero-order chi connectivity index (χ0) is 23.7. The number of benzene rings is 2. The summed E-state index contributed by atoms with van der Waals surface area (Å²) < 4.78 is 25.8. The topological polar surface area (TPSA) is 92.3 Å². The molecule has 2 aromatic carbocycles. The fraction of sp³-hybridized carbons (Fsp3) is 0.440. The van der Waals surface area contributed by atoms with Crippen LogP contribution >= 0.6 is 0 Å². The van der Waals surface area contributed by atoms with E-state index in [0.29, 0.717) is 24.2 Å². The van der Waals surface area contributed by atoms with Gasteiger partial charge in [0.2, 0.25) is 11.8 Å². The molecule has 1 fully saturated rings. The summed E-state index contributed by atoms with van der Waals surface area (Å²) in [5.74, 6) is -0.668. The van der Waals surface area contributed by atoms with Crippen molar-refractivity contribution >= 4 is 33.0 Å². The van der Waals surface area contributed by atoms with Crippen molar-refractivity contribution in [3.8, 4) is 0 Å². The van der Waals surface area contributed by atoms with Crippen molar-refractivity contribution in [2.75, 3.05) is 10.6 Å². The molecule has 0 heterocycles. The van der Waals surface area contributed by atoms with Crippen molar-refractivity contribution in [1.29, 1.82) is 0 Å². The number of anilines is 2. The smallest absolute Gasteiger partial charge is 0.246 e. The van der Waals surface area contributed by atoms with Crippen molar-refractivity contribution in [2.45, 2.75) is 69.9 Å². The Morgan fingerprint density at radius 2 is 1.47 bits per heavy atom. The first kappa shape index (κ1) is 24.0. The minimum absolute atomic E-state index is 0.148. The lowest BCUT2D eigenvalue weighted by atomic mass is 9.95. The monoisotopic (exact) mass is 456 g/mol. The van der Waals surface area contributed by atoms with Gasteiger partial charge in [0.1, 0.15) is 0 Å². The third-order valence-electron chi connectivity index (χ3n) is 6.19. The predicted molar refractivity (Wildman–Crippen MR) is 127 cm³/mol. The van der Waals surface area contributed by atoms with E-state index in [0.717, 1.165) is 11.1 Å². The molecule has 172 valence electrons. The van der Waals surface area contributed by atoms with Gasteiger partial charge in [-0.3, -0.25) is 9.59 Å². The van der Waals surface area contributed by atoms with Crippen LogP contribution < -0.4 is 10.6 Å². The second-order valence-electron chi connectivity index (χ2n) is 9.69. The van der Waals surface area contributed by atoms with Crippen LogP contribution in [0.5, 0.6) is 0 Å². The molecular weight excluding hydrogens is 424 g/mol. The summed E-state index contributed by atoms with van der Waals surface area (Å²) in [6.45, 7) is 9.24. The number of hydrogen-bond donors (Lipinski definition) is 2. The van der Waals surface area contributed by atoms with E-state index >= 15 is 0 Å². The number of amides is 2. The number of nitrogens with one attached hydrogen (secondary N) is 2. The summed E-state index contributed by atoms with van der Waals surface area (Å²) in [6.07, 6.45) is 1.93. The normalized spacial score (nSPS) is 15.9. The van der Waals surface area contributed by atoms with E-state index in [9.17, 15) is 18.0 Å². The lowest BCUT2D eigenvalue weighted by molar-refractivity contribution is -0.123. The number of sulfone groups is 1. The van der Waals surface area contributed by atoms with E-state index in [4.69, 9.17) is 0 Å². The second kappa shape index (κ2) is 8.70. The first-order valence-electron chi connectivity index (χ1n) is 10.9. The Morgan fingerprint density at radius 3 is 2.03 bits per heavy atom. The minimum Gasteiger partial charge on any atom is -0.326 e. The molecule has 6 nitrogen and oxygen atoms in total. The van der Waals surface area contributed by atoms with Gasteiger partial charge in [0.15, 0.2) is 14.6 Å². The zero-order valence-corrected chi connectivity index (χ0v) is 20.2. The van der Waals surface area contributed by atoms with Gasteiger partial charge in [0.05, 0.1) is 4.90 Å². The van der Waals surface area contributed by atoms with E-state index in [1.807, 2.05) is 34.6 Å². The van der Waals surface area contributed by atoms with E-state index in [1.54, 1.807) is 42.5 Å². The van der Waals surface area contributed by atoms with Gasteiger partial charge in [0, 0.05) is 16.8 Å². The Bertz CT molecular complexity index is 1140. The quantitative estimate of drug-likeness (QED) is 0.661. The molecule has 0 atom stereocenters. The van der Waals surface area contributed by atoms with E-state index in [-0.39, 0.29) is 23.6 Å². The van der Waals surface area contributed by atoms with Crippen LogP contribution in [-0.2, 0) is 19.4 Å². The van der Waals surface area contributed by atoms with Gasteiger partial charge in [0.25, 0.3) is 0 Å². The number of carbonyl (C=O) groups excluding carboxylic acids is 2. The van der Waals surface area contributed by atoms with E-state index in [1.165, 1.54) is 0 Å². The largest absolute Gasteiger partial charge is 0.326 e. The van der Waals surface area contributed by atoms with Gasteiger partial charge in [-0.15, -0.1) is 0 Å².